The predicted molar refractivity (Wildman–Crippen MR) is 237 cm³/mol. The first-order valence-corrected chi connectivity index (χ1v) is 19.6. The summed E-state index contributed by atoms with van der Waals surface area (Å²) >= 11 is 1.88. The van der Waals surface area contributed by atoms with Crippen molar-refractivity contribution in [1.82, 2.24) is 4.57 Å². The lowest BCUT2D eigenvalue weighted by molar-refractivity contribution is 1.18. The number of thiophene rings is 1. The summed E-state index contributed by atoms with van der Waals surface area (Å²) in [5.74, 6) is 0. The van der Waals surface area contributed by atoms with Crippen LogP contribution in [-0.2, 0) is 0 Å². The molecule has 2 heterocycles. The maximum atomic E-state index is 2.43. The monoisotopic (exact) mass is 718 g/mol. The summed E-state index contributed by atoms with van der Waals surface area (Å²) in [4.78, 5) is 2.43. The fourth-order valence-electron chi connectivity index (χ4n) is 8.53. The van der Waals surface area contributed by atoms with Crippen LogP contribution in [0.15, 0.2) is 206 Å². The van der Waals surface area contributed by atoms with Crippen LogP contribution in [0, 0.1) is 0 Å². The number of fused-ring (bicyclic) bond motifs is 7. The summed E-state index contributed by atoms with van der Waals surface area (Å²) in [5, 5.41) is 7.63. The molecule has 0 spiro atoms. The summed E-state index contributed by atoms with van der Waals surface area (Å²) in [5.41, 5.74) is 11.8. The van der Waals surface area contributed by atoms with E-state index in [4.69, 9.17) is 0 Å². The third-order valence-corrected chi connectivity index (χ3v) is 12.1. The van der Waals surface area contributed by atoms with Gasteiger partial charge in [0.1, 0.15) is 0 Å². The highest BCUT2D eigenvalue weighted by molar-refractivity contribution is 7.26. The van der Waals surface area contributed by atoms with Crippen molar-refractivity contribution in [3.05, 3.63) is 206 Å². The van der Waals surface area contributed by atoms with Gasteiger partial charge in [0.15, 0.2) is 0 Å². The van der Waals surface area contributed by atoms with Gasteiger partial charge in [0.25, 0.3) is 0 Å². The Hall–Kier alpha value is -6.94. The average molecular weight is 719 g/mol. The molecule has 55 heavy (non-hydrogen) atoms. The minimum Gasteiger partial charge on any atom is -0.310 e. The van der Waals surface area contributed by atoms with Crippen LogP contribution in [0.4, 0.5) is 17.1 Å². The number of hydrogen-bond acceptors (Lipinski definition) is 2. The molecule has 11 rings (SSSR count). The molecule has 9 aromatic carbocycles. The Kier molecular flexibility index (Phi) is 7.39. The van der Waals surface area contributed by atoms with Gasteiger partial charge in [-0.25, -0.2) is 0 Å². The minimum atomic E-state index is 1.10. The van der Waals surface area contributed by atoms with Crippen LogP contribution in [0.1, 0.15) is 0 Å². The molecule has 11 aromatic rings. The van der Waals surface area contributed by atoms with Crippen LogP contribution in [0.25, 0.3) is 80.7 Å². The molecular weight excluding hydrogens is 685 g/mol. The summed E-state index contributed by atoms with van der Waals surface area (Å²) in [7, 11) is 0. The van der Waals surface area contributed by atoms with Crippen molar-refractivity contribution in [3.63, 3.8) is 0 Å². The van der Waals surface area contributed by atoms with Gasteiger partial charge in [-0.3, -0.25) is 0 Å². The van der Waals surface area contributed by atoms with Crippen LogP contribution < -0.4 is 4.90 Å². The van der Waals surface area contributed by atoms with Gasteiger partial charge in [-0.2, -0.15) is 0 Å². The lowest BCUT2D eigenvalue weighted by Gasteiger charge is -2.27. The third kappa shape index (κ3) is 5.16. The Morgan fingerprint density at radius 1 is 0.382 bits per heavy atom. The number of anilines is 3. The number of hydrogen-bond donors (Lipinski definition) is 0. The van der Waals surface area contributed by atoms with Crippen molar-refractivity contribution in [2.45, 2.75) is 0 Å². The Morgan fingerprint density at radius 2 is 0.964 bits per heavy atom. The summed E-state index contributed by atoms with van der Waals surface area (Å²) in [6.45, 7) is 0. The van der Waals surface area contributed by atoms with Gasteiger partial charge < -0.3 is 9.47 Å². The van der Waals surface area contributed by atoms with Gasteiger partial charge in [0.2, 0.25) is 0 Å². The molecular formula is C52H34N2S. The van der Waals surface area contributed by atoms with Gasteiger partial charge in [-0.1, -0.05) is 140 Å². The molecule has 0 saturated heterocycles. The maximum Gasteiger partial charge on any atom is 0.0562 e. The van der Waals surface area contributed by atoms with Crippen LogP contribution in [0.2, 0.25) is 0 Å². The zero-order chi connectivity index (χ0) is 36.3. The van der Waals surface area contributed by atoms with E-state index in [-0.39, 0.29) is 0 Å². The highest BCUT2D eigenvalue weighted by atomic mass is 32.1. The van der Waals surface area contributed by atoms with Crippen molar-refractivity contribution in [2.75, 3.05) is 4.90 Å². The van der Waals surface area contributed by atoms with E-state index in [0.717, 1.165) is 22.7 Å². The van der Waals surface area contributed by atoms with E-state index in [0.29, 0.717) is 0 Å². The number of nitrogens with zero attached hydrogens (tertiary/aromatic N) is 2. The quantitative estimate of drug-likeness (QED) is 0.166. The smallest absolute Gasteiger partial charge is 0.0562 e. The fraction of sp³-hybridized carbons (Fsp3) is 0. The van der Waals surface area contributed by atoms with Gasteiger partial charge in [-0.05, 0) is 99.8 Å². The highest BCUT2D eigenvalue weighted by Crippen LogP contribution is 2.47. The molecule has 0 atom stereocenters. The fourth-order valence-corrected chi connectivity index (χ4v) is 9.69. The highest BCUT2D eigenvalue weighted by Gasteiger charge is 2.22. The molecule has 0 aliphatic rings. The molecule has 0 N–H and O–H groups in total. The van der Waals surface area contributed by atoms with Gasteiger partial charge in [0, 0.05) is 48.0 Å². The van der Waals surface area contributed by atoms with Crippen LogP contribution >= 0.6 is 11.3 Å². The van der Waals surface area contributed by atoms with E-state index >= 15 is 0 Å². The second kappa shape index (κ2) is 12.9. The Labute approximate surface area is 323 Å². The Bertz CT molecular complexity index is 3180. The average Bonchev–Trinajstić information content (AvgIpc) is 3.80. The Balaban J connectivity index is 1.14. The first kappa shape index (κ1) is 31.6. The number of rotatable bonds is 6. The number of aromatic nitrogens is 1. The van der Waals surface area contributed by atoms with E-state index < -0.39 is 0 Å². The summed E-state index contributed by atoms with van der Waals surface area (Å²) in [6.07, 6.45) is 0. The summed E-state index contributed by atoms with van der Waals surface area (Å²) < 4.78 is 5.03. The van der Waals surface area contributed by atoms with Crippen molar-refractivity contribution in [2.24, 2.45) is 0 Å². The molecule has 0 saturated carbocycles. The van der Waals surface area contributed by atoms with Crippen LogP contribution in [0.5, 0.6) is 0 Å². The van der Waals surface area contributed by atoms with Crippen molar-refractivity contribution < 1.29 is 0 Å². The van der Waals surface area contributed by atoms with E-state index in [9.17, 15) is 0 Å². The van der Waals surface area contributed by atoms with E-state index in [1.165, 1.54) is 75.0 Å². The second-order valence-electron chi connectivity index (χ2n) is 14.1. The van der Waals surface area contributed by atoms with Gasteiger partial charge >= 0.3 is 0 Å². The van der Waals surface area contributed by atoms with Crippen LogP contribution in [0.3, 0.4) is 0 Å². The molecule has 0 bridgehead atoms. The standard InChI is InChI=1S/C52H34N2S/c1-3-14-35(15-4-1)36-26-30-40(31-27-36)53(46-23-13-24-47-51(46)43-20-9-11-22-45(43)54(47)39-17-5-2-6-18-39)41-32-28-37(29-33-41)50-42-19-8-7-16-38(42)34-49-52(50)44-21-10-12-25-48(44)55-49/h1-34H. The molecule has 0 fully saturated rings. The Morgan fingerprint density at radius 3 is 1.73 bits per heavy atom. The molecule has 0 aliphatic carbocycles. The largest absolute Gasteiger partial charge is 0.310 e. The van der Waals surface area contributed by atoms with Crippen molar-refractivity contribution in [3.8, 4) is 27.9 Å². The number of benzene rings is 9. The maximum absolute atomic E-state index is 2.43. The molecule has 3 heteroatoms. The lowest BCUT2D eigenvalue weighted by Crippen LogP contribution is -2.10. The third-order valence-electron chi connectivity index (χ3n) is 11.0. The van der Waals surface area contributed by atoms with Gasteiger partial charge in [-0.15, -0.1) is 11.3 Å². The molecule has 258 valence electrons. The zero-order valence-corrected chi connectivity index (χ0v) is 30.7. The molecule has 2 aromatic heterocycles. The van der Waals surface area contributed by atoms with E-state index in [1.54, 1.807) is 0 Å². The molecule has 2 nitrogen and oxygen atoms in total. The minimum absolute atomic E-state index is 1.10. The summed E-state index contributed by atoms with van der Waals surface area (Å²) in [6, 6.07) is 75.1. The first-order chi connectivity index (χ1) is 27.3. The van der Waals surface area contributed by atoms with E-state index in [1.807, 2.05) is 11.3 Å². The second-order valence-corrected chi connectivity index (χ2v) is 15.2. The molecule has 0 amide bonds. The lowest BCUT2D eigenvalue weighted by atomic mass is 9.93. The molecule has 0 unspecified atom stereocenters. The van der Waals surface area contributed by atoms with Crippen LogP contribution in [-0.4, -0.2) is 4.57 Å². The molecule has 0 radical (unpaired) electrons. The predicted octanol–water partition coefficient (Wildman–Crippen LogP) is 15.1. The molecule has 0 aliphatic heterocycles. The van der Waals surface area contributed by atoms with E-state index in [2.05, 4.69) is 216 Å². The first-order valence-electron chi connectivity index (χ1n) is 18.8. The SMILES string of the molecule is c1ccc(-c2ccc(N(c3ccc(-c4c5ccccc5cc5sc6ccccc6c45)cc3)c3cccc4c3c3ccccc3n4-c3ccccc3)cc2)cc1. The zero-order valence-electron chi connectivity index (χ0n) is 29.9. The normalized spacial score (nSPS) is 11.6. The van der Waals surface area contributed by atoms with Crippen molar-refractivity contribution >= 4 is 81.1 Å². The van der Waals surface area contributed by atoms with Gasteiger partial charge in [0.05, 0.1) is 16.7 Å². The number of para-hydroxylation sites is 2. The topological polar surface area (TPSA) is 8.17 Å². The van der Waals surface area contributed by atoms with Crippen molar-refractivity contribution in [1.29, 1.82) is 0 Å².